The average molecular weight is 836 g/mol. The van der Waals surface area contributed by atoms with Crippen LogP contribution >= 0.6 is 0 Å². The van der Waals surface area contributed by atoms with Gasteiger partial charge in [-0.25, -0.2) is 15.0 Å². The van der Waals surface area contributed by atoms with E-state index in [-0.39, 0.29) is 5.41 Å². The van der Waals surface area contributed by atoms with Crippen molar-refractivity contribution in [3.05, 3.63) is 246 Å². The molecule has 0 N–H and O–H groups in total. The number of rotatable bonds is 7. The Morgan fingerprint density at radius 1 is 0.292 bits per heavy atom. The summed E-state index contributed by atoms with van der Waals surface area (Å²) in [6.07, 6.45) is 6.77. The molecule has 1 spiro atoms. The molecule has 4 saturated carbocycles. The third-order valence-corrected chi connectivity index (χ3v) is 15.8. The van der Waals surface area contributed by atoms with Gasteiger partial charge in [0, 0.05) is 22.1 Å². The second kappa shape index (κ2) is 15.2. The van der Waals surface area contributed by atoms with Gasteiger partial charge in [0.05, 0.1) is 5.41 Å². The Hall–Kier alpha value is -7.23. The van der Waals surface area contributed by atoms with Crippen molar-refractivity contribution in [2.45, 2.75) is 42.9 Å². The highest BCUT2D eigenvalue weighted by molar-refractivity contribution is 5.79. The van der Waals surface area contributed by atoms with E-state index in [1.165, 1.54) is 71.0 Å². The van der Waals surface area contributed by atoms with E-state index in [1.54, 1.807) is 11.1 Å². The van der Waals surface area contributed by atoms with Crippen molar-refractivity contribution in [1.82, 2.24) is 15.0 Å². The predicted molar refractivity (Wildman–Crippen MR) is 263 cm³/mol. The highest BCUT2D eigenvalue weighted by Gasteiger charge is 2.63. The Morgan fingerprint density at radius 2 is 0.677 bits per heavy atom. The lowest BCUT2D eigenvalue weighted by atomic mass is 9.38. The summed E-state index contributed by atoms with van der Waals surface area (Å²) in [7, 11) is 0. The van der Waals surface area contributed by atoms with E-state index in [4.69, 9.17) is 15.0 Å². The molecule has 8 aromatic carbocycles. The van der Waals surface area contributed by atoms with E-state index >= 15 is 0 Å². The molecule has 3 heteroatoms. The molecule has 4 fully saturated rings. The maximum Gasteiger partial charge on any atom is 0.164 e. The van der Waals surface area contributed by atoms with Gasteiger partial charge >= 0.3 is 0 Å². The highest BCUT2D eigenvalue weighted by Crippen LogP contribution is 2.70. The molecule has 0 atom stereocenters. The van der Waals surface area contributed by atoms with Crippen molar-refractivity contribution in [1.29, 1.82) is 0 Å². The summed E-state index contributed by atoms with van der Waals surface area (Å²) < 4.78 is 0. The molecule has 1 aromatic heterocycles. The first-order valence-corrected chi connectivity index (χ1v) is 23.6. The first-order valence-electron chi connectivity index (χ1n) is 23.6. The van der Waals surface area contributed by atoms with Crippen molar-refractivity contribution in [3.8, 4) is 56.4 Å². The Morgan fingerprint density at radius 3 is 1.20 bits per heavy atom. The maximum absolute atomic E-state index is 5.06. The van der Waals surface area contributed by atoms with Crippen LogP contribution < -0.4 is 0 Å². The molecule has 0 radical (unpaired) electrons. The summed E-state index contributed by atoms with van der Waals surface area (Å²) in [6.45, 7) is 0. The zero-order valence-electron chi connectivity index (χ0n) is 36.4. The second-order valence-corrected chi connectivity index (χ2v) is 19.2. The molecule has 3 nitrogen and oxygen atoms in total. The zero-order chi connectivity index (χ0) is 43.0. The number of benzene rings is 8. The molecule has 0 aliphatic heterocycles. The van der Waals surface area contributed by atoms with Crippen LogP contribution in [0.3, 0.4) is 0 Å². The molecule has 0 amide bonds. The molecule has 1 heterocycles. The molecule has 0 unspecified atom stereocenters. The maximum atomic E-state index is 5.06. The zero-order valence-corrected chi connectivity index (χ0v) is 36.4. The van der Waals surface area contributed by atoms with Gasteiger partial charge in [0.1, 0.15) is 0 Å². The first-order chi connectivity index (χ1) is 32.2. The number of fused-ring (bicyclic) bond motifs is 2. The van der Waals surface area contributed by atoms with E-state index < -0.39 is 5.41 Å². The minimum Gasteiger partial charge on any atom is -0.208 e. The topological polar surface area (TPSA) is 38.7 Å². The fourth-order valence-electron chi connectivity index (χ4n) is 13.5. The standard InChI is InChI=1S/C62H49N3/c1-5-17-43(18-6-1)58-63-59(44-19-7-2-8-20-44)65-60(64-58)49-24-16-23-47(39-49)45-21-15-22-46(38-45)48-31-32-56-57(40-48)62(52-34-41-33-42(36-52)37-53(62)35-41)55-30-14-13-29-54(55)61(56,50-25-9-3-10-26-50)51-27-11-4-12-28-51/h1-32,38-42,52-53H,33-37H2. The minimum absolute atomic E-state index is 0.0316. The lowest BCUT2D eigenvalue weighted by Crippen LogP contribution is -2.59. The van der Waals surface area contributed by atoms with Crippen LogP contribution in [0.5, 0.6) is 0 Å². The summed E-state index contributed by atoms with van der Waals surface area (Å²) in [5.74, 6) is 4.97. The molecule has 65 heavy (non-hydrogen) atoms. The van der Waals surface area contributed by atoms with Gasteiger partial charge in [-0.1, -0.05) is 194 Å². The second-order valence-electron chi connectivity index (χ2n) is 19.2. The van der Waals surface area contributed by atoms with Crippen LogP contribution in [-0.4, -0.2) is 15.0 Å². The van der Waals surface area contributed by atoms with Gasteiger partial charge < -0.3 is 0 Å². The van der Waals surface area contributed by atoms with E-state index in [1.807, 2.05) is 36.4 Å². The third-order valence-electron chi connectivity index (χ3n) is 15.8. The quantitative estimate of drug-likeness (QED) is 0.161. The molecular formula is C62H49N3. The summed E-state index contributed by atoms with van der Waals surface area (Å²) in [6, 6.07) is 78.3. The molecule has 14 rings (SSSR count). The molecule has 0 saturated heterocycles. The van der Waals surface area contributed by atoms with Gasteiger partial charge in [-0.15, -0.1) is 0 Å². The first kappa shape index (κ1) is 38.2. The van der Waals surface area contributed by atoms with Crippen LogP contribution in [0.1, 0.15) is 65.5 Å². The minimum atomic E-state index is -0.453. The van der Waals surface area contributed by atoms with Crippen LogP contribution in [0.15, 0.2) is 212 Å². The lowest BCUT2D eigenvalue weighted by molar-refractivity contribution is -0.0440. The molecular weight excluding hydrogens is 787 g/mol. The van der Waals surface area contributed by atoms with Crippen LogP contribution in [0.4, 0.5) is 0 Å². The van der Waals surface area contributed by atoms with E-state index in [0.29, 0.717) is 29.3 Å². The van der Waals surface area contributed by atoms with Crippen LogP contribution in [0.2, 0.25) is 0 Å². The summed E-state index contributed by atoms with van der Waals surface area (Å²) in [5.41, 5.74) is 15.9. The van der Waals surface area contributed by atoms with Crippen LogP contribution in [0, 0.1) is 23.7 Å². The van der Waals surface area contributed by atoms with Crippen molar-refractivity contribution >= 4 is 0 Å². The summed E-state index contributed by atoms with van der Waals surface area (Å²) in [4.78, 5) is 15.1. The van der Waals surface area contributed by atoms with Gasteiger partial charge in [0.15, 0.2) is 17.5 Å². The van der Waals surface area contributed by atoms with E-state index in [9.17, 15) is 0 Å². The third kappa shape index (κ3) is 5.98. The Labute approximate surface area is 382 Å². The molecule has 9 aromatic rings. The SMILES string of the molecule is c1ccc(-c2nc(-c3ccccc3)nc(-c3cccc(-c4cccc(-c5ccc6c(c5)C5(c7ccccc7C6(c6ccccc6)c6ccccc6)C6CC7CC(C6)CC5C7)c4)c3)n2)cc1. The lowest BCUT2D eigenvalue weighted by Gasteiger charge is -2.65. The highest BCUT2D eigenvalue weighted by atomic mass is 15.0. The van der Waals surface area contributed by atoms with E-state index in [0.717, 1.165) is 34.1 Å². The van der Waals surface area contributed by atoms with Crippen LogP contribution in [-0.2, 0) is 10.8 Å². The molecule has 4 bridgehead atoms. The van der Waals surface area contributed by atoms with E-state index in [2.05, 4.69) is 176 Å². The van der Waals surface area contributed by atoms with Gasteiger partial charge in [0.2, 0.25) is 0 Å². The average Bonchev–Trinajstić information content (AvgIpc) is 3.38. The number of hydrogen-bond donors (Lipinski definition) is 0. The predicted octanol–water partition coefficient (Wildman–Crippen LogP) is 14.6. The Kier molecular flexibility index (Phi) is 8.95. The van der Waals surface area contributed by atoms with Crippen molar-refractivity contribution in [2.75, 3.05) is 0 Å². The van der Waals surface area contributed by atoms with Gasteiger partial charge in [-0.05, 0) is 130 Å². The summed E-state index contributed by atoms with van der Waals surface area (Å²) >= 11 is 0. The molecule has 312 valence electrons. The normalized spacial score (nSPS) is 22.0. The van der Waals surface area contributed by atoms with Crippen LogP contribution in [0.25, 0.3) is 56.4 Å². The Balaban J connectivity index is 0.973. The van der Waals surface area contributed by atoms with Crippen molar-refractivity contribution in [2.24, 2.45) is 23.7 Å². The summed E-state index contributed by atoms with van der Waals surface area (Å²) in [5, 5.41) is 0. The fourth-order valence-corrected chi connectivity index (χ4v) is 13.5. The Bertz CT molecular complexity index is 3090. The van der Waals surface area contributed by atoms with Gasteiger partial charge in [-0.3, -0.25) is 0 Å². The fraction of sp³-hybridized carbons (Fsp3) is 0.177. The monoisotopic (exact) mass is 835 g/mol. The van der Waals surface area contributed by atoms with Crippen molar-refractivity contribution in [3.63, 3.8) is 0 Å². The smallest absolute Gasteiger partial charge is 0.164 e. The van der Waals surface area contributed by atoms with Gasteiger partial charge in [0.25, 0.3) is 0 Å². The molecule has 5 aliphatic rings. The molecule has 5 aliphatic carbocycles. The largest absolute Gasteiger partial charge is 0.208 e. The number of aromatic nitrogens is 3. The number of nitrogens with zero attached hydrogens (tertiary/aromatic N) is 3. The number of hydrogen-bond acceptors (Lipinski definition) is 3. The van der Waals surface area contributed by atoms with Crippen molar-refractivity contribution < 1.29 is 0 Å². The van der Waals surface area contributed by atoms with Gasteiger partial charge in [-0.2, -0.15) is 0 Å².